The van der Waals surface area contributed by atoms with Crippen LogP contribution in [0.1, 0.15) is 25.0 Å². The minimum Gasteiger partial charge on any atom is -0.481 e. The molecule has 0 saturated carbocycles. The zero-order chi connectivity index (χ0) is 12.5. The SMILES string of the molecule is O=C(O)Cc1csc(NC2CCN3CCCC23)n1. The average Bonchev–Trinajstić information content (AvgIpc) is 2.96. The topological polar surface area (TPSA) is 65.5 Å². The Kier molecular flexibility index (Phi) is 3.22. The number of fused-ring (bicyclic) bond motifs is 1. The van der Waals surface area contributed by atoms with E-state index in [0.29, 0.717) is 17.8 Å². The number of hydrogen-bond acceptors (Lipinski definition) is 5. The van der Waals surface area contributed by atoms with Gasteiger partial charge < -0.3 is 10.4 Å². The Hall–Kier alpha value is -1.14. The van der Waals surface area contributed by atoms with Crippen LogP contribution < -0.4 is 5.32 Å². The fraction of sp³-hybridized carbons (Fsp3) is 0.667. The van der Waals surface area contributed by atoms with E-state index < -0.39 is 5.97 Å². The highest BCUT2D eigenvalue weighted by molar-refractivity contribution is 7.13. The Bertz CT molecular complexity index is 448. The summed E-state index contributed by atoms with van der Waals surface area (Å²) in [6.07, 6.45) is 3.74. The van der Waals surface area contributed by atoms with E-state index in [9.17, 15) is 4.79 Å². The van der Waals surface area contributed by atoms with Crippen LogP contribution in [0, 0.1) is 0 Å². The molecule has 0 aliphatic carbocycles. The first-order chi connectivity index (χ1) is 8.72. The molecule has 3 rings (SSSR count). The lowest BCUT2D eigenvalue weighted by Crippen LogP contribution is -2.33. The van der Waals surface area contributed by atoms with Crippen molar-refractivity contribution in [3.63, 3.8) is 0 Å². The lowest BCUT2D eigenvalue weighted by Gasteiger charge is -2.20. The van der Waals surface area contributed by atoms with Crippen LogP contribution in [-0.2, 0) is 11.2 Å². The van der Waals surface area contributed by atoms with Gasteiger partial charge in [-0.25, -0.2) is 4.98 Å². The van der Waals surface area contributed by atoms with Crippen molar-refractivity contribution in [3.8, 4) is 0 Å². The molecule has 18 heavy (non-hydrogen) atoms. The summed E-state index contributed by atoms with van der Waals surface area (Å²) in [5, 5.41) is 14.9. The van der Waals surface area contributed by atoms with Crippen molar-refractivity contribution in [2.45, 2.75) is 37.8 Å². The maximum Gasteiger partial charge on any atom is 0.309 e. The summed E-state index contributed by atoms with van der Waals surface area (Å²) in [5.74, 6) is -0.824. The van der Waals surface area contributed by atoms with Crippen LogP contribution in [0.2, 0.25) is 0 Å². The van der Waals surface area contributed by atoms with Gasteiger partial charge in [-0.15, -0.1) is 11.3 Å². The molecule has 2 aliphatic heterocycles. The number of aromatic nitrogens is 1. The zero-order valence-corrected chi connectivity index (χ0v) is 10.9. The summed E-state index contributed by atoms with van der Waals surface area (Å²) in [6, 6.07) is 1.13. The van der Waals surface area contributed by atoms with Gasteiger partial charge in [-0.3, -0.25) is 9.69 Å². The number of nitrogens with zero attached hydrogens (tertiary/aromatic N) is 2. The Morgan fingerprint density at radius 1 is 1.56 bits per heavy atom. The number of anilines is 1. The Morgan fingerprint density at radius 3 is 3.28 bits per heavy atom. The van der Waals surface area contributed by atoms with Crippen LogP contribution in [0.4, 0.5) is 5.13 Å². The molecule has 3 heterocycles. The lowest BCUT2D eigenvalue weighted by molar-refractivity contribution is -0.136. The standard InChI is InChI=1S/C12H17N3O2S/c16-11(17)6-8-7-18-12(13-8)14-9-3-5-15-4-1-2-10(9)15/h7,9-10H,1-6H2,(H,13,14)(H,16,17). The van der Waals surface area contributed by atoms with Gasteiger partial charge in [-0.1, -0.05) is 0 Å². The highest BCUT2D eigenvalue weighted by Gasteiger charge is 2.37. The van der Waals surface area contributed by atoms with Gasteiger partial charge in [0.2, 0.25) is 0 Å². The van der Waals surface area contributed by atoms with Crippen LogP contribution in [0.25, 0.3) is 0 Å². The van der Waals surface area contributed by atoms with Crippen LogP contribution >= 0.6 is 11.3 Å². The molecule has 1 aromatic heterocycles. The molecule has 2 fully saturated rings. The number of carbonyl (C=O) groups is 1. The minimum atomic E-state index is -0.824. The van der Waals surface area contributed by atoms with E-state index in [1.54, 1.807) is 0 Å². The van der Waals surface area contributed by atoms with Crippen molar-refractivity contribution in [2.24, 2.45) is 0 Å². The zero-order valence-electron chi connectivity index (χ0n) is 10.1. The first-order valence-corrected chi connectivity index (χ1v) is 7.27. The van der Waals surface area contributed by atoms with E-state index in [1.807, 2.05) is 5.38 Å². The third-order valence-corrected chi connectivity index (χ3v) is 4.62. The van der Waals surface area contributed by atoms with Crippen molar-refractivity contribution in [2.75, 3.05) is 18.4 Å². The smallest absolute Gasteiger partial charge is 0.309 e. The predicted molar refractivity (Wildman–Crippen MR) is 70.1 cm³/mol. The fourth-order valence-corrected chi connectivity index (χ4v) is 3.79. The molecule has 0 radical (unpaired) electrons. The first kappa shape index (κ1) is 11.9. The predicted octanol–water partition coefficient (Wildman–Crippen LogP) is 1.42. The number of aliphatic carboxylic acids is 1. The van der Waals surface area contributed by atoms with Gasteiger partial charge >= 0.3 is 5.97 Å². The highest BCUT2D eigenvalue weighted by atomic mass is 32.1. The number of carboxylic acid groups (broad SMARTS) is 1. The first-order valence-electron chi connectivity index (χ1n) is 6.39. The number of nitrogens with one attached hydrogen (secondary N) is 1. The van der Waals surface area contributed by atoms with Gasteiger partial charge in [0.1, 0.15) is 0 Å². The molecule has 0 aromatic carbocycles. The summed E-state index contributed by atoms with van der Waals surface area (Å²) >= 11 is 1.51. The van der Waals surface area contributed by atoms with Crippen LogP contribution in [0.5, 0.6) is 0 Å². The van der Waals surface area contributed by atoms with Gasteiger partial charge in [-0.05, 0) is 25.8 Å². The summed E-state index contributed by atoms with van der Waals surface area (Å²) in [5.41, 5.74) is 0.649. The number of carboxylic acids is 1. The summed E-state index contributed by atoms with van der Waals surface area (Å²) in [6.45, 7) is 2.40. The molecule has 2 atom stereocenters. The van der Waals surface area contributed by atoms with Crippen LogP contribution in [0.3, 0.4) is 0 Å². The van der Waals surface area contributed by atoms with E-state index in [0.717, 1.165) is 5.13 Å². The van der Waals surface area contributed by atoms with Gasteiger partial charge in [0.15, 0.2) is 5.13 Å². The molecular weight excluding hydrogens is 250 g/mol. The molecule has 2 saturated heterocycles. The molecule has 0 bridgehead atoms. The normalized spacial score (nSPS) is 27.3. The Balaban J connectivity index is 1.62. The minimum absolute atomic E-state index is 0.0123. The van der Waals surface area contributed by atoms with Crippen LogP contribution in [-0.4, -0.2) is 46.1 Å². The number of hydrogen-bond donors (Lipinski definition) is 2. The van der Waals surface area contributed by atoms with E-state index in [2.05, 4.69) is 15.2 Å². The second-order valence-electron chi connectivity index (χ2n) is 5.00. The maximum atomic E-state index is 10.6. The summed E-state index contributed by atoms with van der Waals surface area (Å²) in [7, 11) is 0. The van der Waals surface area contributed by atoms with Gasteiger partial charge in [0, 0.05) is 24.0 Å². The van der Waals surface area contributed by atoms with E-state index in [-0.39, 0.29) is 6.42 Å². The molecule has 0 spiro atoms. The third-order valence-electron chi connectivity index (χ3n) is 3.80. The molecule has 1 aromatic rings. The molecule has 2 N–H and O–H groups in total. The quantitative estimate of drug-likeness (QED) is 0.863. The molecule has 2 unspecified atom stereocenters. The van der Waals surface area contributed by atoms with E-state index in [4.69, 9.17) is 5.11 Å². The Labute approximate surface area is 110 Å². The monoisotopic (exact) mass is 267 g/mol. The van der Waals surface area contributed by atoms with Crippen molar-refractivity contribution in [3.05, 3.63) is 11.1 Å². The maximum absolute atomic E-state index is 10.6. The summed E-state index contributed by atoms with van der Waals surface area (Å²) < 4.78 is 0. The van der Waals surface area contributed by atoms with Gasteiger partial charge in [0.25, 0.3) is 0 Å². The average molecular weight is 267 g/mol. The highest BCUT2D eigenvalue weighted by Crippen LogP contribution is 2.30. The second kappa shape index (κ2) is 4.85. The lowest BCUT2D eigenvalue weighted by atomic mass is 10.1. The largest absolute Gasteiger partial charge is 0.481 e. The molecule has 2 aliphatic rings. The third kappa shape index (κ3) is 2.35. The van der Waals surface area contributed by atoms with Gasteiger partial charge in [0.05, 0.1) is 12.1 Å². The molecule has 5 nitrogen and oxygen atoms in total. The number of thiazole rings is 1. The number of rotatable bonds is 4. The molecule has 6 heteroatoms. The molecule has 0 amide bonds. The molecule has 98 valence electrons. The fourth-order valence-electron chi connectivity index (χ4n) is 3.02. The Morgan fingerprint density at radius 2 is 2.44 bits per heavy atom. The van der Waals surface area contributed by atoms with Crippen molar-refractivity contribution in [1.29, 1.82) is 0 Å². The molecular formula is C12H17N3O2S. The van der Waals surface area contributed by atoms with Crippen molar-refractivity contribution >= 4 is 22.4 Å². The summed E-state index contributed by atoms with van der Waals surface area (Å²) in [4.78, 5) is 17.5. The van der Waals surface area contributed by atoms with Crippen molar-refractivity contribution in [1.82, 2.24) is 9.88 Å². The van der Waals surface area contributed by atoms with E-state index >= 15 is 0 Å². The van der Waals surface area contributed by atoms with Gasteiger partial charge in [-0.2, -0.15) is 0 Å². The second-order valence-corrected chi connectivity index (χ2v) is 5.86. The van der Waals surface area contributed by atoms with E-state index in [1.165, 1.54) is 43.7 Å². The van der Waals surface area contributed by atoms with Crippen LogP contribution in [0.15, 0.2) is 5.38 Å². The van der Waals surface area contributed by atoms with Crippen molar-refractivity contribution < 1.29 is 9.90 Å².